The van der Waals surface area contributed by atoms with Gasteiger partial charge in [-0.05, 0) is 74.3 Å². The molecule has 6 rings (SSSR count). The van der Waals surface area contributed by atoms with Crippen LogP contribution in [0.3, 0.4) is 0 Å². The minimum Gasteiger partial charge on any atom is -0.339 e. The van der Waals surface area contributed by atoms with Crippen molar-refractivity contribution >= 4 is 17.7 Å². The first-order valence-corrected chi connectivity index (χ1v) is 13.2. The summed E-state index contributed by atoms with van der Waals surface area (Å²) in [6, 6.07) is 10.9. The van der Waals surface area contributed by atoms with Gasteiger partial charge in [0.05, 0.1) is 17.6 Å². The number of nitrogens with zero attached hydrogens (tertiary/aromatic N) is 3. The van der Waals surface area contributed by atoms with Crippen LogP contribution in [0.2, 0.25) is 0 Å². The summed E-state index contributed by atoms with van der Waals surface area (Å²) >= 11 is 0. The molecule has 2 unspecified atom stereocenters. The van der Waals surface area contributed by atoms with Gasteiger partial charge in [-0.15, -0.1) is 0 Å². The maximum Gasteiger partial charge on any atom is 0.226 e. The first-order valence-electron chi connectivity index (χ1n) is 13.2. The molecule has 1 aliphatic heterocycles. The van der Waals surface area contributed by atoms with E-state index >= 15 is 0 Å². The summed E-state index contributed by atoms with van der Waals surface area (Å²) in [6.07, 6.45) is 16.1. The summed E-state index contributed by atoms with van der Waals surface area (Å²) < 4.78 is 15.5. The molecule has 1 aromatic carbocycles. The number of halogens is 1. The molecular weight excluding hydrogens is 437 g/mol. The van der Waals surface area contributed by atoms with Gasteiger partial charge in [0.15, 0.2) is 0 Å². The van der Waals surface area contributed by atoms with Crippen LogP contribution in [0.15, 0.2) is 60.3 Å². The molecule has 2 aromatic rings. The summed E-state index contributed by atoms with van der Waals surface area (Å²) in [5.41, 5.74) is 5.74. The van der Waals surface area contributed by atoms with E-state index in [4.69, 9.17) is 0 Å². The quantitative estimate of drug-likeness (QED) is 0.548. The second-order valence-corrected chi connectivity index (χ2v) is 10.9. The Balaban J connectivity index is 1.25. The Bertz CT molecular complexity index is 1210. The number of hydrogen-bond donors (Lipinski definition) is 0. The third-order valence-electron chi connectivity index (χ3n) is 8.75. The number of likely N-dealkylation sites (tertiary alicyclic amines) is 1. The highest BCUT2D eigenvalue weighted by atomic mass is 19.1. The molecule has 4 nitrogen and oxygen atoms in total. The maximum atomic E-state index is 14.1. The monoisotopic (exact) mass is 471 g/mol. The standard InChI is InChI=1S/C30H34FN3O/c1-30-19-22-20-32-34(25-13-11-24(31)12-14-25)28(22)18-23(30)10-15-27(30)29(35)33-16-6-5-9-26(33)17-21-7-3-2-4-8-21/h2-4,7-8,11,13-14,18,20,24,26-27H,5-6,9-10,12,15-17,19H2,1H3/t24?,26?,27-,30+/m1/s1. The zero-order valence-electron chi connectivity index (χ0n) is 20.5. The van der Waals surface area contributed by atoms with Gasteiger partial charge in [0.2, 0.25) is 5.91 Å². The van der Waals surface area contributed by atoms with Crippen LogP contribution >= 0.6 is 0 Å². The smallest absolute Gasteiger partial charge is 0.226 e. The fourth-order valence-corrected chi connectivity index (χ4v) is 6.78. The zero-order chi connectivity index (χ0) is 24.0. The number of hydrogen-bond acceptors (Lipinski definition) is 2. The Morgan fingerprint density at radius 3 is 2.86 bits per heavy atom. The number of alkyl halides is 1. The number of aromatic nitrogens is 2. The van der Waals surface area contributed by atoms with E-state index < -0.39 is 6.17 Å². The van der Waals surface area contributed by atoms with Crippen molar-refractivity contribution in [3.63, 3.8) is 0 Å². The highest BCUT2D eigenvalue weighted by molar-refractivity contribution is 5.83. The molecule has 1 saturated heterocycles. The van der Waals surface area contributed by atoms with Crippen molar-refractivity contribution in [2.45, 2.75) is 70.5 Å². The van der Waals surface area contributed by atoms with E-state index in [9.17, 15) is 9.18 Å². The van der Waals surface area contributed by atoms with E-state index in [-0.39, 0.29) is 11.3 Å². The van der Waals surface area contributed by atoms with E-state index in [2.05, 4.69) is 53.3 Å². The highest BCUT2D eigenvalue weighted by Gasteiger charge is 2.50. The fraction of sp³-hybridized carbons (Fsp3) is 0.467. The first-order chi connectivity index (χ1) is 17.0. The third-order valence-corrected chi connectivity index (χ3v) is 8.75. The number of piperidine rings is 1. The van der Waals surface area contributed by atoms with Gasteiger partial charge < -0.3 is 4.90 Å². The van der Waals surface area contributed by atoms with Crippen LogP contribution in [0.5, 0.6) is 0 Å². The van der Waals surface area contributed by atoms with Gasteiger partial charge in [-0.3, -0.25) is 4.79 Å². The molecule has 2 heterocycles. The van der Waals surface area contributed by atoms with Crippen molar-refractivity contribution in [3.8, 4) is 0 Å². The van der Waals surface area contributed by atoms with E-state index in [1.54, 1.807) is 6.08 Å². The number of amides is 1. The van der Waals surface area contributed by atoms with Crippen molar-refractivity contribution in [1.82, 2.24) is 14.7 Å². The Morgan fingerprint density at radius 2 is 2.06 bits per heavy atom. The summed E-state index contributed by atoms with van der Waals surface area (Å²) in [7, 11) is 0. The molecule has 2 fully saturated rings. The molecule has 0 N–H and O–H groups in total. The van der Waals surface area contributed by atoms with Crippen molar-refractivity contribution in [2.75, 3.05) is 6.54 Å². The largest absolute Gasteiger partial charge is 0.339 e. The summed E-state index contributed by atoms with van der Waals surface area (Å²) in [6.45, 7) is 3.17. The number of carbonyl (C=O) groups excluding carboxylic acids is 1. The summed E-state index contributed by atoms with van der Waals surface area (Å²) in [4.78, 5) is 16.3. The van der Waals surface area contributed by atoms with Gasteiger partial charge in [0.1, 0.15) is 6.17 Å². The number of allylic oxidation sites excluding steroid dienone is 5. The predicted molar refractivity (Wildman–Crippen MR) is 137 cm³/mol. The van der Waals surface area contributed by atoms with E-state index in [1.807, 2.05) is 23.0 Å². The van der Waals surface area contributed by atoms with Crippen molar-refractivity contribution in [3.05, 3.63) is 77.2 Å². The van der Waals surface area contributed by atoms with Crippen molar-refractivity contribution in [2.24, 2.45) is 11.3 Å². The molecule has 0 bridgehead atoms. The second kappa shape index (κ2) is 8.92. The number of benzene rings is 1. The molecule has 35 heavy (non-hydrogen) atoms. The topological polar surface area (TPSA) is 38.1 Å². The Morgan fingerprint density at radius 1 is 1.20 bits per heavy atom. The van der Waals surface area contributed by atoms with Gasteiger partial charge in [-0.25, -0.2) is 9.07 Å². The second-order valence-electron chi connectivity index (χ2n) is 10.9. The lowest BCUT2D eigenvalue weighted by molar-refractivity contribution is -0.142. The van der Waals surface area contributed by atoms with Gasteiger partial charge in [-0.1, -0.05) is 48.9 Å². The van der Waals surface area contributed by atoms with Crippen LogP contribution in [0.1, 0.15) is 62.3 Å². The lowest BCUT2D eigenvalue weighted by Crippen LogP contribution is -2.50. The van der Waals surface area contributed by atoms with Gasteiger partial charge in [0.25, 0.3) is 0 Å². The Hall–Kier alpha value is -2.95. The molecular formula is C30H34FN3O. The normalized spacial score (nSPS) is 29.9. The van der Waals surface area contributed by atoms with Crippen LogP contribution in [0, 0.1) is 11.3 Å². The Kier molecular flexibility index (Phi) is 5.74. The number of carbonyl (C=O) groups is 1. The molecule has 1 amide bonds. The third kappa shape index (κ3) is 3.99. The molecule has 182 valence electrons. The fourth-order valence-electron chi connectivity index (χ4n) is 6.78. The van der Waals surface area contributed by atoms with E-state index in [0.717, 1.165) is 56.5 Å². The summed E-state index contributed by atoms with van der Waals surface area (Å²) in [5.74, 6) is 0.363. The number of rotatable bonds is 4. The maximum absolute atomic E-state index is 14.1. The highest BCUT2D eigenvalue weighted by Crippen LogP contribution is 2.54. The van der Waals surface area contributed by atoms with Crippen molar-refractivity contribution < 1.29 is 9.18 Å². The van der Waals surface area contributed by atoms with Gasteiger partial charge >= 0.3 is 0 Å². The minimum atomic E-state index is -0.908. The number of fused-ring (bicyclic) bond motifs is 2. The molecule has 1 saturated carbocycles. The Labute approximate surface area is 207 Å². The lowest BCUT2D eigenvalue weighted by atomic mass is 9.69. The van der Waals surface area contributed by atoms with Crippen molar-refractivity contribution in [1.29, 1.82) is 0 Å². The van der Waals surface area contributed by atoms with Gasteiger partial charge in [0, 0.05) is 30.3 Å². The van der Waals surface area contributed by atoms with Crippen LogP contribution in [-0.2, 0) is 17.6 Å². The van der Waals surface area contributed by atoms with Crippen LogP contribution < -0.4 is 0 Å². The minimum absolute atomic E-state index is 0.0164. The molecule has 4 atom stereocenters. The average Bonchev–Trinajstić information content (AvgIpc) is 3.43. The molecule has 4 aliphatic rings. The summed E-state index contributed by atoms with van der Waals surface area (Å²) in [5, 5.41) is 4.66. The SMILES string of the molecule is C[C@]12Cc3cnn(C4=CCC(F)C=C4)c3C=C1CC[C@@H]2C(=O)N1CCCCC1Cc1ccccc1. The van der Waals surface area contributed by atoms with E-state index in [0.29, 0.717) is 18.4 Å². The van der Waals surface area contributed by atoms with Crippen LogP contribution in [0.4, 0.5) is 4.39 Å². The predicted octanol–water partition coefficient (Wildman–Crippen LogP) is 6.00. The first kappa shape index (κ1) is 22.5. The van der Waals surface area contributed by atoms with Crippen LogP contribution in [-0.4, -0.2) is 39.3 Å². The zero-order valence-corrected chi connectivity index (χ0v) is 20.5. The molecule has 0 spiro atoms. The molecule has 5 heteroatoms. The van der Waals surface area contributed by atoms with E-state index in [1.165, 1.54) is 23.1 Å². The van der Waals surface area contributed by atoms with Gasteiger partial charge in [-0.2, -0.15) is 5.10 Å². The molecule has 3 aliphatic carbocycles. The molecule has 0 radical (unpaired) electrons. The molecule has 1 aromatic heterocycles. The van der Waals surface area contributed by atoms with Crippen LogP contribution in [0.25, 0.3) is 11.8 Å². The lowest BCUT2D eigenvalue weighted by Gasteiger charge is -2.42. The average molecular weight is 472 g/mol.